The highest BCUT2D eigenvalue weighted by atomic mass is 16.5. The summed E-state index contributed by atoms with van der Waals surface area (Å²) in [7, 11) is 1.71. The van der Waals surface area contributed by atoms with Crippen LogP contribution in [0.3, 0.4) is 0 Å². The fraction of sp³-hybridized carbons (Fsp3) is 0.458. The molecule has 3 aliphatic rings. The van der Waals surface area contributed by atoms with Gasteiger partial charge in [-0.2, -0.15) is 10.4 Å². The van der Waals surface area contributed by atoms with Gasteiger partial charge in [0.1, 0.15) is 12.4 Å². The number of piperidine rings is 1. The second kappa shape index (κ2) is 7.90. The number of nitrogens with zero attached hydrogens (tertiary/aromatic N) is 7. The highest BCUT2D eigenvalue weighted by molar-refractivity contribution is 6.06. The third-order valence-corrected chi connectivity index (χ3v) is 7.85. The van der Waals surface area contributed by atoms with E-state index in [1.54, 1.807) is 30.3 Å². The summed E-state index contributed by atoms with van der Waals surface area (Å²) in [6.45, 7) is 4.57. The Hall–Kier alpha value is -3.75. The summed E-state index contributed by atoms with van der Waals surface area (Å²) >= 11 is 0. The summed E-state index contributed by atoms with van der Waals surface area (Å²) in [4.78, 5) is 27.8. The first-order chi connectivity index (χ1) is 16.9. The van der Waals surface area contributed by atoms with E-state index in [1.165, 1.54) is 0 Å². The molecule has 6 rings (SSSR count). The number of rotatable bonds is 2. The number of anilines is 4. The molecule has 2 atom stereocenters. The molecule has 2 saturated heterocycles. The quantitative estimate of drug-likeness (QED) is 0.568. The van der Waals surface area contributed by atoms with Crippen molar-refractivity contribution < 1.29 is 9.53 Å². The Kier molecular flexibility index (Phi) is 4.91. The number of likely N-dealkylation sites (N-methyl/N-ethyl adjacent to an activating group) is 1. The Balaban J connectivity index is 1.28. The van der Waals surface area contributed by atoms with Gasteiger partial charge in [-0.05, 0) is 38.0 Å². The van der Waals surface area contributed by atoms with Gasteiger partial charge >= 0.3 is 0 Å². The van der Waals surface area contributed by atoms with Crippen LogP contribution in [0.25, 0.3) is 11.2 Å². The molecule has 3 N–H and O–H groups in total. The standard InChI is InChI=1S/C24H27N9O2/c1-14-21(26)24(13-35-14)5-7-32(8-6-24)18-11-27-20-22(28-18)29-30-23(20)33-12-19(34)31(2)17-9-15(10-25)3-4-16(17)33/h3-4,9,11,14,21H,5-8,12-13,26H2,1-2H3,(H,28,29,30)/t14-,21+/m0/s1. The van der Waals surface area contributed by atoms with Crippen molar-refractivity contribution in [2.45, 2.75) is 31.9 Å². The molecule has 3 aliphatic heterocycles. The van der Waals surface area contributed by atoms with Crippen LogP contribution in [0, 0.1) is 16.7 Å². The molecule has 0 unspecified atom stereocenters. The molecule has 1 aromatic carbocycles. The monoisotopic (exact) mass is 473 g/mol. The molecule has 11 heteroatoms. The first kappa shape index (κ1) is 21.8. The molecule has 0 aliphatic carbocycles. The number of carbonyl (C=O) groups excluding carboxylic acids is 1. The molecule has 1 amide bonds. The van der Waals surface area contributed by atoms with E-state index in [4.69, 9.17) is 20.4 Å². The van der Waals surface area contributed by atoms with Gasteiger partial charge in [0.2, 0.25) is 5.91 Å². The summed E-state index contributed by atoms with van der Waals surface area (Å²) < 4.78 is 5.84. The van der Waals surface area contributed by atoms with Gasteiger partial charge < -0.3 is 25.2 Å². The molecular formula is C24H27N9O2. The minimum absolute atomic E-state index is 0.0430. The Morgan fingerprint density at radius 3 is 2.80 bits per heavy atom. The highest BCUT2D eigenvalue weighted by Gasteiger charge is 2.47. The number of hydrogen-bond donors (Lipinski definition) is 2. The number of nitriles is 1. The zero-order chi connectivity index (χ0) is 24.3. The van der Waals surface area contributed by atoms with Gasteiger partial charge in [0.25, 0.3) is 0 Å². The van der Waals surface area contributed by atoms with E-state index >= 15 is 0 Å². The van der Waals surface area contributed by atoms with Crippen molar-refractivity contribution in [1.29, 1.82) is 5.26 Å². The van der Waals surface area contributed by atoms with Crippen LogP contribution < -0.4 is 20.4 Å². The van der Waals surface area contributed by atoms with Gasteiger partial charge in [-0.3, -0.25) is 9.89 Å². The second-order valence-electron chi connectivity index (χ2n) is 9.72. The van der Waals surface area contributed by atoms with E-state index in [0.29, 0.717) is 28.2 Å². The molecule has 0 saturated carbocycles. The lowest BCUT2D eigenvalue weighted by molar-refractivity contribution is -0.117. The van der Waals surface area contributed by atoms with Crippen LogP contribution in [0.5, 0.6) is 0 Å². The fourth-order valence-electron chi connectivity index (χ4n) is 5.51. The number of amides is 1. The minimum Gasteiger partial charge on any atom is -0.376 e. The van der Waals surface area contributed by atoms with Crippen LogP contribution in [0.4, 0.5) is 23.0 Å². The summed E-state index contributed by atoms with van der Waals surface area (Å²) in [6.07, 6.45) is 3.78. The zero-order valence-corrected chi connectivity index (χ0v) is 19.7. The van der Waals surface area contributed by atoms with Gasteiger partial charge in [0, 0.05) is 31.6 Å². The van der Waals surface area contributed by atoms with Crippen LogP contribution in [-0.2, 0) is 9.53 Å². The van der Waals surface area contributed by atoms with Crippen molar-refractivity contribution in [1.82, 2.24) is 20.2 Å². The smallest absolute Gasteiger partial charge is 0.246 e. The fourth-order valence-corrected chi connectivity index (χ4v) is 5.51. The van der Waals surface area contributed by atoms with Crippen molar-refractivity contribution in [2.75, 3.05) is 48.0 Å². The van der Waals surface area contributed by atoms with Crippen molar-refractivity contribution in [3.05, 3.63) is 30.0 Å². The predicted octanol–water partition coefficient (Wildman–Crippen LogP) is 1.67. The molecule has 1 spiro atoms. The molecule has 3 aromatic rings. The van der Waals surface area contributed by atoms with E-state index in [9.17, 15) is 10.1 Å². The third-order valence-electron chi connectivity index (χ3n) is 7.85. The Bertz CT molecular complexity index is 1350. The van der Waals surface area contributed by atoms with Crippen LogP contribution in [0.15, 0.2) is 24.4 Å². The molecule has 2 aromatic heterocycles. The summed E-state index contributed by atoms with van der Waals surface area (Å²) in [5, 5.41) is 16.7. The van der Waals surface area contributed by atoms with Gasteiger partial charge in [-0.1, -0.05) is 0 Å². The molecule has 5 heterocycles. The lowest BCUT2D eigenvalue weighted by atomic mass is 9.73. The molecule has 11 nitrogen and oxygen atoms in total. The van der Waals surface area contributed by atoms with Crippen LogP contribution in [0.1, 0.15) is 25.3 Å². The second-order valence-corrected chi connectivity index (χ2v) is 9.72. The van der Waals surface area contributed by atoms with E-state index in [0.717, 1.165) is 44.0 Å². The predicted molar refractivity (Wildman–Crippen MR) is 131 cm³/mol. The molecule has 35 heavy (non-hydrogen) atoms. The Labute approximate surface area is 202 Å². The van der Waals surface area contributed by atoms with E-state index in [2.05, 4.69) is 28.1 Å². The van der Waals surface area contributed by atoms with Gasteiger partial charge in [-0.15, -0.1) is 0 Å². The lowest BCUT2D eigenvalue weighted by Crippen LogP contribution is -2.50. The first-order valence-electron chi connectivity index (χ1n) is 11.8. The number of hydrogen-bond acceptors (Lipinski definition) is 9. The van der Waals surface area contributed by atoms with Crippen molar-refractivity contribution in [3.63, 3.8) is 0 Å². The zero-order valence-electron chi connectivity index (χ0n) is 19.7. The molecule has 2 fully saturated rings. The third kappa shape index (κ3) is 3.32. The molecule has 180 valence electrons. The number of carbonyl (C=O) groups is 1. The molecule has 0 bridgehead atoms. The van der Waals surface area contributed by atoms with Crippen molar-refractivity contribution in [3.8, 4) is 6.07 Å². The lowest BCUT2D eigenvalue weighted by Gasteiger charge is -2.41. The number of benzene rings is 1. The topological polar surface area (TPSA) is 140 Å². The summed E-state index contributed by atoms with van der Waals surface area (Å²) in [6, 6.07) is 7.47. The maximum Gasteiger partial charge on any atom is 0.246 e. The van der Waals surface area contributed by atoms with Crippen LogP contribution >= 0.6 is 0 Å². The maximum absolute atomic E-state index is 12.7. The number of aromatic nitrogens is 4. The average molecular weight is 474 g/mol. The Morgan fingerprint density at radius 1 is 1.29 bits per heavy atom. The number of H-pyrrole nitrogens is 1. The summed E-state index contributed by atoms with van der Waals surface area (Å²) in [5.41, 5.74) is 9.59. The van der Waals surface area contributed by atoms with Gasteiger partial charge in [0.15, 0.2) is 17.0 Å². The SMILES string of the molecule is C[C@@H]1OCC2(CCN(c3cnc4c(N5CC(=O)N(C)c6cc(C#N)ccc65)n[nH]c4n3)CC2)[C@@H]1N. The van der Waals surface area contributed by atoms with Crippen LogP contribution in [-0.4, -0.2) is 71.5 Å². The van der Waals surface area contributed by atoms with Crippen molar-refractivity contribution >= 4 is 40.1 Å². The highest BCUT2D eigenvalue weighted by Crippen LogP contribution is 2.42. The summed E-state index contributed by atoms with van der Waals surface area (Å²) in [5.74, 6) is 1.22. The largest absolute Gasteiger partial charge is 0.376 e. The van der Waals surface area contributed by atoms with E-state index < -0.39 is 0 Å². The number of ether oxygens (including phenoxy) is 1. The van der Waals surface area contributed by atoms with E-state index in [1.807, 2.05) is 11.0 Å². The number of nitrogens with two attached hydrogens (primary N) is 1. The average Bonchev–Trinajstić information content (AvgIpc) is 3.43. The first-order valence-corrected chi connectivity index (χ1v) is 11.8. The maximum atomic E-state index is 12.7. The van der Waals surface area contributed by atoms with Crippen LogP contribution in [0.2, 0.25) is 0 Å². The molecular weight excluding hydrogens is 446 g/mol. The van der Waals surface area contributed by atoms with E-state index in [-0.39, 0.29) is 30.0 Å². The normalized spacial score (nSPS) is 23.7. The minimum atomic E-state index is -0.0982. The number of fused-ring (bicyclic) bond motifs is 2. The van der Waals surface area contributed by atoms with Crippen molar-refractivity contribution in [2.24, 2.45) is 11.1 Å². The van der Waals surface area contributed by atoms with Gasteiger partial charge in [-0.25, -0.2) is 9.97 Å². The van der Waals surface area contributed by atoms with Gasteiger partial charge in [0.05, 0.1) is 41.9 Å². The molecule has 0 radical (unpaired) electrons. The Morgan fingerprint density at radius 2 is 2.09 bits per heavy atom. The number of aromatic amines is 1. The number of nitrogens with one attached hydrogen (secondary N) is 1.